The van der Waals surface area contributed by atoms with Crippen molar-refractivity contribution in [3.05, 3.63) is 16.1 Å². The molecule has 2 fully saturated rings. The first kappa shape index (κ1) is 23.9. The van der Waals surface area contributed by atoms with E-state index >= 15 is 0 Å². The second-order valence-electron chi connectivity index (χ2n) is 8.48. The number of nitrogens with zero attached hydrogens (tertiary/aromatic N) is 3. The van der Waals surface area contributed by atoms with E-state index in [1.165, 1.54) is 17.2 Å². The number of aliphatic hydroxyl groups is 1. The minimum atomic E-state index is -5.04. The molecule has 0 saturated carbocycles. The van der Waals surface area contributed by atoms with Gasteiger partial charge in [-0.05, 0) is 33.6 Å². The molecule has 0 aliphatic carbocycles. The van der Waals surface area contributed by atoms with E-state index in [2.05, 4.69) is 4.98 Å². The Morgan fingerprint density at radius 2 is 1.77 bits per heavy atom. The molecule has 0 bridgehead atoms. The maximum Gasteiger partial charge on any atom is 0.424 e. The van der Waals surface area contributed by atoms with Crippen molar-refractivity contribution in [1.29, 1.82) is 0 Å². The summed E-state index contributed by atoms with van der Waals surface area (Å²) >= 11 is 0.680. The van der Waals surface area contributed by atoms with E-state index < -0.39 is 29.1 Å². The summed E-state index contributed by atoms with van der Waals surface area (Å²) in [5, 5.41) is 11.3. The summed E-state index contributed by atoms with van der Waals surface area (Å²) in [5.41, 5.74) is -2.98. The lowest BCUT2D eigenvalue weighted by Gasteiger charge is -2.39. The average molecular weight is 464 g/mol. The molecule has 0 radical (unpaired) electrons. The molecule has 2 aliphatic heterocycles. The number of carbonyl (C=O) groups is 2. The molecule has 3 rings (SSSR count). The number of halogens is 3. The Kier molecular flexibility index (Phi) is 6.97. The van der Waals surface area contributed by atoms with Gasteiger partial charge in [-0.15, -0.1) is 11.3 Å². The smallest absolute Gasteiger partial charge is 0.374 e. The summed E-state index contributed by atoms with van der Waals surface area (Å²) in [6.07, 6.45) is -5.50. The quantitative estimate of drug-likeness (QED) is 0.742. The first-order chi connectivity index (χ1) is 14.4. The van der Waals surface area contributed by atoms with Crippen LogP contribution in [0.15, 0.2) is 5.38 Å². The van der Waals surface area contributed by atoms with Crippen LogP contribution in [0, 0.1) is 12.8 Å². The highest BCUT2D eigenvalue weighted by Crippen LogP contribution is 2.43. The number of hydrogen-bond acceptors (Lipinski definition) is 6. The predicted octanol–water partition coefficient (Wildman–Crippen LogP) is 2.47. The molecule has 31 heavy (non-hydrogen) atoms. The fraction of sp³-hybridized carbons (Fsp3) is 0.750. The zero-order valence-corrected chi connectivity index (χ0v) is 18.6. The number of hydrogen-bond donors (Lipinski definition) is 1. The summed E-state index contributed by atoms with van der Waals surface area (Å²) < 4.78 is 46.6. The van der Waals surface area contributed by atoms with Crippen molar-refractivity contribution in [3.8, 4) is 0 Å². The van der Waals surface area contributed by atoms with Gasteiger partial charge < -0.3 is 19.6 Å². The van der Waals surface area contributed by atoms with Crippen molar-refractivity contribution < 1.29 is 32.6 Å². The molecular formula is C20H28F3N3O4S. The molecule has 0 spiro atoms. The van der Waals surface area contributed by atoms with Crippen LogP contribution in [0.1, 0.15) is 43.8 Å². The third kappa shape index (κ3) is 5.20. The second-order valence-corrected chi connectivity index (χ2v) is 9.34. The molecule has 11 heteroatoms. The highest BCUT2D eigenvalue weighted by molar-refractivity contribution is 7.09. The fourth-order valence-corrected chi connectivity index (χ4v) is 5.08. The Morgan fingerprint density at radius 1 is 1.19 bits per heavy atom. The summed E-state index contributed by atoms with van der Waals surface area (Å²) in [7, 11) is 0. The van der Waals surface area contributed by atoms with Crippen molar-refractivity contribution in [2.75, 3.05) is 26.2 Å². The fourth-order valence-electron chi connectivity index (χ4n) is 4.16. The van der Waals surface area contributed by atoms with Gasteiger partial charge >= 0.3 is 6.18 Å². The van der Waals surface area contributed by atoms with Gasteiger partial charge in [-0.3, -0.25) is 9.59 Å². The lowest BCUT2D eigenvalue weighted by Crippen LogP contribution is -2.52. The minimum absolute atomic E-state index is 0.000781. The monoisotopic (exact) mass is 463 g/mol. The first-order valence-electron chi connectivity index (χ1n) is 10.3. The molecule has 3 atom stereocenters. The number of aromatic nitrogens is 1. The van der Waals surface area contributed by atoms with Crippen LogP contribution in [0.5, 0.6) is 0 Å². The average Bonchev–Trinajstić information content (AvgIpc) is 3.12. The summed E-state index contributed by atoms with van der Waals surface area (Å²) in [4.78, 5) is 32.3. The highest BCUT2D eigenvalue weighted by atomic mass is 32.1. The van der Waals surface area contributed by atoms with Crippen molar-refractivity contribution in [2.45, 2.75) is 64.0 Å². The number of morpholine rings is 1. The molecule has 174 valence electrons. The number of carbonyl (C=O) groups excluding carboxylic acids is 2. The molecule has 3 heterocycles. The van der Waals surface area contributed by atoms with Gasteiger partial charge in [0.1, 0.15) is 5.01 Å². The molecule has 2 aliphatic rings. The van der Waals surface area contributed by atoms with Crippen molar-refractivity contribution >= 4 is 23.2 Å². The van der Waals surface area contributed by atoms with Crippen LogP contribution in [0.4, 0.5) is 13.2 Å². The summed E-state index contributed by atoms with van der Waals surface area (Å²) in [6, 6.07) is 0. The summed E-state index contributed by atoms with van der Waals surface area (Å²) in [5.74, 6) is -1.07. The van der Waals surface area contributed by atoms with Gasteiger partial charge in [0.05, 0.1) is 18.6 Å². The maximum absolute atomic E-state index is 13.6. The normalized spacial score (nSPS) is 25.4. The molecule has 1 aromatic heterocycles. The minimum Gasteiger partial charge on any atom is -0.374 e. The largest absolute Gasteiger partial charge is 0.424 e. The third-order valence-corrected chi connectivity index (χ3v) is 6.89. The van der Waals surface area contributed by atoms with Crippen molar-refractivity contribution in [2.24, 2.45) is 5.92 Å². The first-order valence-corrected chi connectivity index (χ1v) is 11.2. The Bertz CT molecular complexity index is 800. The van der Waals surface area contributed by atoms with E-state index in [9.17, 15) is 27.9 Å². The third-order valence-electron chi connectivity index (χ3n) is 5.78. The number of alkyl halides is 3. The molecule has 1 N–H and O–H groups in total. The predicted molar refractivity (Wildman–Crippen MR) is 107 cm³/mol. The van der Waals surface area contributed by atoms with Crippen molar-refractivity contribution in [1.82, 2.24) is 14.8 Å². The molecule has 7 nitrogen and oxygen atoms in total. The standard InChI is InChI=1S/C20H28F3N3O4S/c1-12-11-31-18(24-12)19(29,20(21,22)23)8-16(27)25-6-4-15(5-7-25)17(28)26-9-13(2)30-14(3)10-26/h11,13-15,29H,4-10H2,1-3H3. The highest BCUT2D eigenvalue weighted by Gasteiger charge is 2.58. The molecule has 1 aromatic rings. The van der Waals surface area contributed by atoms with Gasteiger partial charge in [0.2, 0.25) is 17.4 Å². The van der Waals surface area contributed by atoms with Crippen LogP contribution in [-0.2, 0) is 19.9 Å². The van der Waals surface area contributed by atoms with Gasteiger partial charge in [0.25, 0.3) is 0 Å². The van der Waals surface area contributed by atoms with E-state index in [1.807, 2.05) is 13.8 Å². The number of rotatable bonds is 4. The number of likely N-dealkylation sites (tertiary alicyclic amines) is 1. The number of ether oxygens (including phenoxy) is 1. The van der Waals surface area contributed by atoms with Gasteiger partial charge in [0.15, 0.2) is 0 Å². The van der Waals surface area contributed by atoms with Crippen LogP contribution in [-0.4, -0.2) is 76.3 Å². The number of piperidine rings is 1. The van der Waals surface area contributed by atoms with Gasteiger partial charge in [0, 0.05) is 43.2 Å². The van der Waals surface area contributed by atoms with Gasteiger partial charge in [-0.25, -0.2) is 4.98 Å². The summed E-state index contributed by atoms with van der Waals surface area (Å²) in [6.45, 7) is 6.70. The molecule has 2 saturated heterocycles. The topological polar surface area (TPSA) is 83.0 Å². The van der Waals surface area contributed by atoms with Crippen LogP contribution in [0.3, 0.4) is 0 Å². The maximum atomic E-state index is 13.6. The van der Waals surface area contributed by atoms with Crippen LogP contribution >= 0.6 is 11.3 Å². The molecule has 3 unspecified atom stereocenters. The Labute approximate surface area is 183 Å². The van der Waals surface area contributed by atoms with Gasteiger partial charge in [-0.1, -0.05) is 0 Å². The molecular weight excluding hydrogens is 435 g/mol. The van der Waals surface area contributed by atoms with Crippen molar-refractivity contribution in [3.63, 3.8) is 0 Å². The second kappa shape index (κ2) is 9.03. The van der Waals surface area contributed by atoms with Crippen LogP contribution in [0.2, 0.25) is 0 Å². The molecule has 2 amide bonds. The lowest BCUT2D eigenvalue weighted by molar-refractivity contribution is -0.268. The van der Waals surface area contributed by atoms with E-state index in [0.29, 0.717) is 43.0 Å². The Morgan fingerprint density at radius 3 is 2.26 bits per heavy atom. The zero-order chi connectivity index (χ0) is 23.0. The Balaban J connectivity index is 1.61. The van der Waals surface area contributed by atoms with Crippen LogP contribution in [0.25, 0.3) is 0 Å². The number of amides is 2. The zero-order valence-electron chi connectivity index (χ0n) is 17.8. The van der Waals surface area contributed by atoms with E-state index in [-0.39, 0.29) is 37.1 Å². The Hall–Kier alpha value is -1.72. The number of thiazole rings is 1. The lowest BCUT2D eigenvalue weighted by atomic mass is 9.93. The van der Waals surface area contributed by atoms with E-state index in [0.717, 1.165) is 0 Å². The van der Waals surface area contributed by atoms with Crippen LogP contribution < -0.4 is 0 Å². The molecule has 0 aromatic carbocycles. The van der Waals surface area contributed by atoms with Gasteiger partial charge in [-0.2, -0.15) is 13.2 Å². The van der Waals surface area contributed by atoms with E-state index in [4.69, 9.17) is 4.74 Å². The van der Waals surface area contributed by atoms with E-state index in [1.54, 1.807) is 4.90 Å². The SMILES string of the molecule is Cc1csc(C(O)(CC(=O)N2CCC(C(=O)N3CC(C)OC(C)C3)CC2)C(F)(F)F)n1. The number of aryl methyl sites for hydroxylation is 1.